The summed E-state index contributed by atoms with van der Waals surface area (Å²) in [6.45, 7) is 0.880. The predicted octanol–water partition coefficient (Wildman–Crippen LogP) is 4.77. The number of amides is 1. The molecule has 0 bridgehead atoms. The molecule has 2 rings (SSSR count). The quantitative estimate of drug-likeness (QED) is 0.782. The van der Waals surface area contributed by atoms with Gasteiger partial charge in [0.2, 0.25) is 5.91 Å². The largest absolute Gasteiger partial charge is 0.383 e. The van der Waals surface area contributed by atoms with Gasteiger partial charge in [0, 0.05) is 29.6 Å². The van der Waals surface area contributed by atoms with Crippen LogP contribution in [-0.4, -0.2) is 12.5 Å². The Balaban J connectivity index is 1.76. The van der Waals surface area contributed by atoms with E-state index in [4.69, 9.17) is 34.8 Å². The maximum atomic E-state index is 11.8. The van der Waals surface area contributed by atoms with Gasteiger partial charge >= 0.3 is 0 Å². The highest BCUT2D eigenvalue weighted by Gasteiger charge is 2.05. The lowest BCUT2D eigenvalue weighted by molar-refractivity contribution is -0.121. The van der Waals surface area contributed by atoms with Gasteiger partial charge in [-0.1, -0.05) is 53.0 Å². The molecule has 0 aliphatic heterocycles. The van der Waals surface area contributed by atoms with Gasteiger partial charge in [-0.2, -0.15) is 0 Å². The zero-order valence-corrected chi connectivity index (χ0v) is 14.0. The number of carbonyl (C=O) groups is 1. The minimum absolute atomic E-state index is 0.0643. The fourth-order valence-corrected chi connectivity index (χ4v) is 2.43. The van der Waals surface area contributed by atoms with Gasteiger partial charge in [-0.3, -0.25) is 4.79 Å². The molecule has 116 valence electrons. The highest BCUT2D eigenvalue weighted by Crippen LogP contribution is 2.25. The van der Waals surface area contributed by atoms with Crippen molar-refractivity contribution >= 4 is 46.4 Å². The Kier molecular flexibility index (Phi) is 6.37. The topological polar surface area (TPSA) is 41.1 Å². The number of rotatable bonds is 6. The van der Waals surface area contributed by atoms with E-state index in [0.29, 0.717) is 40.3 Å². The molecule has 0 heterocycles. The standard InChI is InChI=1S/C16H15Cl3N2O/c17-12-5-6-14(19)15(9-12)20-8-7-16(22)21-10-11-3-1-2-4-13(11)18/h1-6,9,20H,7-8,10H2,(H,21,22). The fraction of sp³-hybridized carbons (Fsp3) is 0.188. The molecule has 0 fully saturated rings. The summed E-state index contributed by atoms with van der Waals surface area (Å²) in [5.41, 5.74) is 1.61. The maximum absolute atomic E-state index is 11.8. The minimum atomic E-state index is -0.0643. The Morgan fingerprint density at radius 3 is 2.55 bits per heavy atom. The number of halogens is 3. The van der Waals surface area contributed by atoms with E-state index >= 15 is 0 Å². The number of carbonyl (C=O) groups excluding carboxylic acids is 1. The summed E-state index contributed by atoms with van der Waals surface area (Å²) in [5.74, 6) is -0.0643. The molecule has 0 saturated heterocycles. The van der Waals surface area contributed by atoms with Gasteiger partial charge in [0.25, 0.3) is 0 Å². The summed E-state index contributed by atoms with van der Waals surface area (Å²) in [7, 11) is 0. The number of nitrogens with one attached hydrogen (secondary N) is 2. The molecule has 0 aliphatic carbocycles. The van der Waals surface area contributed by atoms with E-state index in [1.165, 1.54) is 0 Å². The predicted molar refractivity (Wildman–Crippen MR) is 92.9 cm³/mol. The monoisotopic (exact) mass is 356 g/mol. The summed E-state index contributed by atoms with van der Waals surface area (Å²) >= 11 is 18.0. The van der Waals surface area contributed by atoms with Crippen LogP contribution in [0.1, 0.15) is 12.0 Å². The van der Waals surface area contributed by atoms with E-state index in [-0.39, 0.29) is 5.91 Å². The van der Waals surface area contributed by atoms with E-state index < -0.39 is 0 Å². The molecule has 0 atom stereocenters. The van der Waals surface area contributed by atoms with Crippen LogP contribution in [0, 0.1) is 0 Å². The average Bonchev–Trinajstić information content (AvgIpc) is 2.50. The lowest BCUT2D eigenvalue weighted by Gasteiger charge is -2.10. The lowest BCUT2D eigenvalue weighted by Crippen LogP contribution is -2.25. The fourth-order valence-electron chi connectivity index (χ4n) is 1.87. The molecule has 0 spiro atoms. The number of hydrogen-bond acceptors (Lipinski definition) is 2. The maximum Gasteiger partial charge on any atom is 0.222 e. The van der Waals surface area contributed by atoms with Crippen molar-refractivity contribution in [2.24, 2.45) is 0 Å². The number of hydrogen-bond donors (Lipinski definition) is 2. The first kappa shape index (κ1) is 16.9. The Labute approximate surface area is 144 Å². The first-order chi connectivity index (χ1) is 10.6. The van der Waals surface area contributed by atoms with E-state index in [2.05, 4.69) is 10.6 Å². The third-order valence-electron chi connectivity index (χ3n) is 3.03. The zero-order chi connectivity index (χ0) is 15.9. The van der Waals surface area contributed by atoms with Crippen molar-refractivity contribution in [1.82, 2.24) is 5.32 Å². The molecule has 1 amide bonds. The first-order valence-electron chi connectivity index (χ1n) is 6.75. The van der Waals surface area contributed by atoms with Crippen LogP contribution >= 0.6 is 34.8 Å². The van der Waals surface area contributed by atoms with Gasteiger partial charge < -0.3 is 10.6 Å². The molecule has 3 nitrogen and oxygen atoms in total. The SMILES string of the molecule is O=C(CCNc1cc(Cl)ccc1Cl)NCc1ccccc1Cl. The van der Waals surface area contributed by atoms with Crippen LogP contribution in [0.5, 0.6) is 0 Å². The van der Waals surface area contributed by atoms with Crippen molar-refractivity contribution < 1.29 is 4.79 Å². The van der Waals surface area contributed by atoms with Gasteiger partial charge in [-0.15, -0.1) is 0 Å². The second-order valence-electron chi connectivity index (χ2n) is 4.67. The molecule has 0 saturated carbocycles. The van der Waals surface area contributed by atoms with Crippen molar-refractivity contribution in [3.05, 3.63) is 63.1 Å². The normalized spacial score (nSPS) is 10.3. The second kappa shape index (κ2) is 8.28. The Morgan fingerprint density at radius 2 is 1.77 bits per heavy atom. The highest BCUT2D eigenvalue weighted by atomic mass is 35.5. The molecule has 6 heteroatoms. The molecule has 0 unspecified atom stereocenters. The van der Waals surface area contributed by atoms with E-state index in [1.54, 1.807) is 24.3 Å². The van der Waals surface area contributed by atoms with Crippen LogP contribution in [-0.2, 0) is 11.3 Å². The third-order valence-corrected chi connectivity index (χ3v) is 3.96. The second-order valence-corrected chi connectivity index (χ2v) is 5.92. The van der Waals surface area contributed by atoms with Crippen LogP contribution < -0.4 is 10.6 Å². The molecule has 2 aromatic carbocycles. The van der Waals surface area contributed by atoms with Gasteiger partial charge in [0.15, 0.2) is 0 Å². The van der Waals surface area contributed by atoms with Crippen molar-refractivity contribution in [3.63, 3.8) is 0 Å². The lowest BCUT2D eigenvalue weighted by atomic mass is 10.2. The Hall–Kier alpha value is -1.42. The zero-order valence-electron chi connectivity index (χ0n) is 11.7. The highest BCUT2D eigenvalue weighted by molar-refractivity contribution is 6.35. The minimum Gasteiger partial charge on any atom is -0.383 e. The molecule has 2 N–H and O–H groups in total. The van der Waals surface area contributed by atoms with Crippen LogP contribution in [0.4, 0.5) is 5.69 Å². The summed E-state index contributed by atoms with van der Waals surface area (Å²) in [4.78, 5) is 11.8. The molecule has 0 aromatic heterocycles. The number of anilines is 1. The van der Waals surface area contributed by atoms with E-state index in [1.807, 2.05) is 18.2 Å². The van der Waals surface area contributed by atoms with E-state index in [9.17, 15) is 4.79 Å². The van der Waals surface area contributed by atoms with Crippen LogP contribution in [0.15, 0.2) is 42.5 Å². The molecular formula is C16H15Cl3N2O. The van der Waals surface area contributed by atoms with E-state index in [0.717, 1.165) is 5.56 Å². The molecule has 2 aromatic rings. The summed E-state index contributed by atoms with van der Waals surface area (Å²) < 4.78 is 0. The van der Waals surface area contributed by atoms with Gasteiger partial charge in [0.1, 0.15) is 0 Å². The van der Waals surface area contributed by atoms with Gasteiger partial charge in [-0.25, -0.2) is 0 Å². The molecule has 0 radical (unpaired) electrons. The van der Waals surface area contributed by atoms with Crippen molar-refractivity contribution in [2.75, 3.05) is 11.9 Å². The van der Waals surface area contributed by atoms with Crippen LogP contribution in [0.2, 0.25) is 15.1 Å². The Morgan fingerprint density at radius 1 is 1.00 bits per heavy atom. The first-order valence-corrected chi connectivity index (χ1v) is 7.88. The average molecular weight is 358 g/mol. The van der Waals surface area contributed by atoms with Crippen molar-refractivity contribution in [2.45, 2.75) is 13.0 Å². The molecule has 22 heavy (non-hydrogen) atoms. The van der Waals surface area contributed by atoms with Crippen LogP contribution in [0.25, 0.3) is 0 Å². The third kappa shape index (κ3) is 5.09. The van der Waals surface area contributed by atoms with Crippen molar-refractivity contribution in [1.29, 1.82) is 0 Å². The smallest absolute Gasteiger partial charge is 0.222 e. The molecular weight excluding hydrogens is 343 g/mol. The summed E-state index contributed by atoms with van der Waals surface area (Å²) in [6.07, 6.45) is 0.327. The Bertz CT molecular complexity index is 662. The van der Waals surface area contributed by atoms with Crippen molar-refractivity contribution in [3.8, 4) is 0 Å². The summed E-state index contributed by atoms with van der Waals surface area (Å²) in [6, 6.07) is 12.6. The van der Waals surface area contributed by atoms with Crippen LogP contribution in [0.3, 0.4) is 0 Å². The van der Waals surface area contributed by atoms with Gasteiger partial charge in [-0.05, 0) is 29.8 Å². The molecule has 0 aliphatic rings. The van der Waals surface area contributed by atoms with Gasteiger partial charge in [0.05, 0.1) is 10.7 Å². The summed E-state index contributed by atoms with van der Waals surface area (Å²) in [5, 5.41) is 7.73. The number of benzene rings is 2.